The highest BCUT2D eigenvalue weighted by molar-refractivity contribution is 9.10. The number of halogens is 2. The van der Waals surface area contributed by atoms with Gasteiger partial charge in [0.2, 0.25) is 0 Å². The van der Waals surface area contributed by atoms with Gasteiger partial charge in [-0.25, -0.2) is 0 Å². The molecule has 2 aromatic carbocycles. The Morgan fingerprint density at radius 3 is 2.81 bits per heavy atom. The predicted molar refractivity (Wildman–Crippen MR) is 86.1 cm³/mol. The number of hydrogen-bond donors (Lipinski definition) is 1. The van der Waals surface area contributed by atoms with Gasteiger partial charge >= 0.3 is 0 Å². The number of nitrogens with zero attached hydrogens (tertiary/aromatic N) is 2. The number of nitrogen functional groups attached to an aromatic ring is 1. The van der Waals surface area contributed by atoms with Crippen molar-refractivity contribution in [2.75, 3.05) is 5.73 Å². The average Bonchev–Trinajstić information content (AvgIpc) is 2.87. The van der Waals surface area contributed by atoms with Gasteiger partial charge in [-0.1, -0.05) is 44.8 Å². The molecule has 106 valence electrons. The fourth-order valence-corrected chi connectivity index (χ4v) is 2.69. The van der Waals surface area contributed by atoms with Gasteiger partial charge in [-0.05, 0) is 35.9 Å². The molecule has 3 rings (SSSR count). The number of rotatable bonds is 3. The summed E-state index contributed by atoms with van der Waals surface area (Å²) >= 11 is 9.58. The molecule has 1 aromatic heterocycles. The number of nitrogens with two attached hydrogens (primary N) is 1. The lowest BCUT2D eigenvalue weighted by atomic mass is 10.1. The molecule has 0 aliphatic heterocycles. The fraction of sp³-hybridized carbons (Fsp3) is 0.0667. The lowest BCUT2D eigenvalue weighted by Crippen LogP contribution is -1.91. The Balaban J connectivity index is 1.86. The topological polar surface area (TPSA) is 64.9 Å². The lowest BCUT2D eigenvalue weighted by Gasteiger charge is -1.99. The number of anilines is 1. The van der Waals surface area contributed by atoms with Gasteiger partial charge in [0.15, 0.2) is 5.82 Å². The van der Waals surface area contributed by atoms with E-state index >= 15 is 0 Å². The monoisotopic (exact) mass is 363 g/mol. The first-order valence-electron chi connectivity index (χ1n) is 6.24. The molecular weight excluding hydrogens is 354 g/mol. The van der Waals surface area contributed by atoms with Crippen LogP contribution in [-0.2, 0) is 6.42 Å². The van der Waals surface area contributed by atoms with E-state index in [4.69, 9.17) is 21.9 Å². The third kappa shape index (κ3) is 3.25. The third-order valence-electron chi connectivity index (χ3n) is 2.94. The van der Waals surface area contributed by atoms with E-state index in [0.29, 0.717) is 34.4 Å². The number of hydrogen-bond acceptors (Lipinski definition) is 4. The van der Waals surface area contributed by atoms with Crippen molar-refractivity contribution in [1.82, 2.24) is 10.1 Å². The van der Waals surface area contributed by atoms with E-state index in [9.17, 15) is 0 Å². The second-order valence-electron chi connectivity index (χ2n) is 4.56. The van der Waals surface area contributed by atoms with E-state index in [1.807, 2.05) is 24.3 Å². The summed E-state index contributed by atoms with van der Waals surface area (Å²) < 4.78 is 6.29. The second kappa shape index (κ2) is 5.87. The van der Waals surface area contributed by atoms with Gasteiger partial charge in [0.1, 0.15) is 0 Å². The maximum atomic E-state index is 6.14. The highest BCUT2D eigenvalue weighted by Crippen LogP contribution is 2.28. The smallest absolute Gasteiger partial charge is 0.259 e. The summed E-state index contributed by atoms with van der Waals surface area (Å²) in [6.45, 7) is 0. The molecule has 0 amide bonds. The molecule has 0 aliphatic carbocycles. The van der Waals surface area contributed by atoms with Crippen LogP contribution in [0.3, 0.4) is 0 Å². The number of benzene rings is 2. The largest absolute Gasteiger partial charge is 0.399 e. The first-order chi connectivity index (χ1) is 10.1. The van der Waals surface area contributed by atoms with E-state index in [1.165, 1.54) is 0 Å². The van der Waals surface area contributed by atoms with Gasteiger partial charge < -0.3 is 10.3 Å². The molecule has 4 nitrogen and oxygen atoms in total. The van der Waals surface area contributed by atoms with Crippen molar-refractivity contribution in [3.05, 3.63) is 63.3 Å². The molecule has 0 unspecified atom stereocenters. The molecule has 21 heavy (non-hydrogen) atoms. The molecule has 3 aromatic rings. The highest BCUT2D eigenvalue weighted by atomic mass is 79.9. The molecule has 0 fully saturated rings. The first kappa shape index (κ1) is 14.1. The summed E-state index contributed by atoms with van der Waals surface area (Å²) in [4.78, 5) is 4.38. The minimum absolute atomic E-state index is 0.394. The molecule has 2 N–H and O–H groups in total. The van der Waals surface area contributed by atoms with Crippen LogP contribution in [0.2, 0.25) is 5.02 Å². The van der Waals surface area contributed by atoms with Gasteiger partial charge in [0.05, 0.1) is 10.6 Å². The Morgan fingerprint density at radius 1 is 1.19 bits per heavy atom. The van der Waals surface area contributed by atoms with Crippen molar-refractivity contribution in [2.24, 2.45) is 0 Å². The zero-order valence-electron chi connectivity index (χ0n) is 10.9. The van der Waals surface area contributed by atoms with E-state index in [2.05, 4.69) is 26.1 Å². The van der Waals surface area contributed by atoms with Gasteiger partial charge in [-0.3, -0.25) is 0 Å². The molecule has 1 heterocycles. The summed E-state index contributed by atoms with van der Waals surface area (Å²) in [5, 5.41) is 4.48. The van der Waals surface area contributed by atoms with Crippen LogP contribution in [0, 0.1) is 0 Å². The molecule has 0 spiro atoms. The Morgan fingerprint density at radius 2 is 2.05 bits per heavy atom. The van der Waals surface area contributed by atoms with Crippen molar-refractivity contribution < 1.29 is 4.52 Å². The number of aromatic nitrogens is 2. The fourth-order valence-electron chi connectivity index (χ4n) is 1.97. The van der Waals surface area contributed by atoms with Gasteiger partial charge in [0.25, 0.3) is 5.89 Å². The van der Waals surface area contributed by atoms with Crippen molar-refractivity contribution in [3.63, 3.8) is 0 Å². The van der Waals surface area contributed by atoms with Gasteiger partial charge in [0, 0.05) is 16.6 Å². The van der Waals surface area contributed by atoms with Gasteiger partial charge in [-0.2, -0.15) is 4.98 Å². The van der Waals surface area contributed by atoms with Crippen molar-refractivity contribution in [1.29, 1.82) is 0 Å². The molecule has 0 aliphatic rings. The molecule has 0 radical (unpaired) electrons. The normalized spacial score (nSPS) is 10.8. The standard InChI is InChI=1S/C15H11BrClN3O/c16-10-3-1-2-9(6-10)7-14-19-15(21-20-14)12-5-4-11(18)8-13(12)17/h1-6,8H,7,18H2. The van der Waals surface area contributed by atoms with Gasteiger partial charge in [-0.15, -0.1) is 0 Å². The van der Waals surface area contributed by atoms with Crippen LogP contribution in [-0.4, -0.2) is 10.1 Å². The van der Waals surface area contributed by atoms with Crippen molar-refractivity contribution >= 4 is 33.2 Å². The van der Waals surface area contributed by atoms with Crippen LogP contribution >= 0.6 is 27.5 Å². The molecular formula is C15H11BrClN3O. The SMILES string of the molecule is Nc1ccc(-c2nc(Cc3cccc(Br)c3)no2)c(Cl)c1. The van der Waals surface area contributed by atoms with Crippen molar-refractivity contribution in [2.45, 2.75) is 6.42 Å². The molecule has 6 heteroatoms. The van der Waals surface area contributed by atoms with E-state index in [-0.39, 0.29) is 0 Å². The quantitative estimate of drug-likeness (QED) is 0.703. The Labute approximate surface area is 135 Å². The second-order valence-corrected chi connectivity index (χ2v) is 5.88. The Bertz CT molecular complexity index is 788. The molecule has 0 saturated heterocycles. The minimum atomic E-state index is 0.394. The van der Waals surface area contributed by atoms with E-state index < -0.39 is 0 Å². The predicted octanol–water partition coefficient (Wildman–Crippen LogP) is 4.33. The van der Waals surface area contributed by atoms with Crippen molar-refractivity contribution in [3.8, 4) is 11.5 Å². The molecule has 0 bridgehead atoms. The molecule has 0 atom stereocenters. The summed E-state index contributed by atoms with van der Waals surface area (Å²) in [5.41, 5.74) is 8.04. The maximum absolute atomic E-state index is 6.14. The van der Waals surface area contributed by atoms with Crippen LogP contribution < -0.4 is 5.73 Å². The van der Waals surface area contributed by atoms with E-state index in [0.717, 1.165) is 10.0 Å². The van der Waals surface area contributed by atoms with Crippen LogP contribution in [0.1, 0.15) is 11.4 Å². The summed E-state index contributed by atoms with van der Waals surface area (Å²) in [6, 6.07) is 13.2. The highest BCUT2D eigenvalue weighted by Gasteiger charge is 2.12. The molecule has 0 saturated carbocycles. The zero-order chi connectivity index (χ0) is 14.8. The van der Waals surface area contributed by atoms with Crippen LogP contribution in [0.25, 0.3) is 11.5 Å². The summed E-state index contributed by atoms with van der Waals surface area (Å²) in [6.07, 6.45) is 0.593. The average molecular weight is 365 g/mol. The van der Waals surface area contributed by atoms with Crippen LogP contribution in [0.15, 0.2) is 51.5 Å². The summed E-state index contributed by atoms with van der Waals surface area (Å²) in [5.74, 6) is 1.00. The minimum Gasteiger partial charge on any atom is -0.399 e. The van der Waals surface area contributed by atoms with Crippen LogP contribution in [0.5, 0.6) is 0 Å². The summed E-state index contributed by atoms with van der Waals surface area (Å²) in [7, 11) is 0. The first-order valence-corrected chi connectivity index (χ1v) is 7.41. The lowest BCUT2D eigenvalue weighted by molar-refractivity contribution is 0.424. The Hall–Kier alpha value is -1.85. The van der Waals surface area contributed by atoms with E-state index in [1.54, 1.807) is 18.2 Å². The maximum Gasteiger partial charge on any atom is 0.259 e. The Kier molecular flexibility index (Phi) is 3.94. The zero-order valence-corrected chi connectivity index (χ0v) is 13.2. The third-order valence-corrected chi connectivity index (χ3v) is 3.75. The van der Waals surface area contributed by atoms with Crippen LogP contribution in [0.4, 0.5) is 5.69 Å².